The van der Waals surface area contributed by atoms with Crippen LogP contribution in [0.1, 0.15) is 89.9 Å². The van der Waals surface area contributed by atoms with Gasteiger partial charge in [-0.25, -0.2) is 0 Å². The van der Waals surface area contributed by atoms with Gasteiger partial charge < -0.3 is 0 Å². The molecule has 19 heavy (non-hydrogen) atoms. The summed E-state index contributed by atoms with van der Waals surface area (Å²) in [6.45, 7) is 0. The van der Waals surface area contributed by atoms with Crippen LogP contribution in [0, 0.1) is 5.92 Å². The van der Waals surface area contributed by atoms with E-state index in [9.17, 15) is 0 Å². The fraction of sp³-hybridized carbons (Fsp3) is 1.00. The van der Waals surface area contributed by atoms with Crippen LogP contribution in [-0.2, 0) is 0 Å². The summed E-state index contributed by atoms with van der Waals surface area (Å²) in [5.74, 6) is 2.20. The van der Waals surface area contributed by atoms with E-state index in [0.29, 0.717) is 0 Å². The van der Waals surface area contributed by atoms with Crippen LogP contribution in [-0.4, -0.2) is 7.28 Å². The SMILES string of the molecule is B1CCCCCCCC1C1CCCCCCCC1.Cl. The third kappa shape index (κ3) is 7.07. The largest absolute Gasteiger partial charge is 0.147 e. The standard InChI is InChI=1S/C17H33B.ClH/c1-2-5-9-13-16(12-8-4-1)17-14-10-6-3-7-11-15-18-17;/h16-18H,1-15H2;1H. The molecule has 0 bridgehead atoms. The molecule has 1 saturated carbocycles. The molecule has 0 amide bonds. The highest BCUT2D eigenvalue weighted by Gasteiger charge is 2.22. The van der Waals surface area contributed by atoms with Gasteiger partial charge in [-0.1, -0.05) is 102 Å². The second-order valence-corrected chi connectivity index (χ2v) is 6.92. The summed E-state index contributed by atoms with van der Waals surface area (Å²) in [6, 6.07) is 0. The number of hydrogen-bond donors (Lipinski definition) is 0. The summed E-state index contributed by atoms with van der Waals surface area (Å²) < 4.78 is 0. The maximum absolute atomic E-state index is 1.56. The molecule has 0 aromatic rings. The summed E-state index contributed by atoms with van der Waals surface area (Å²) in [5, 5.41) is 0. The van der Waals surface area contributed by atoms with Crippen molar-refractivity contribution in [3.05, 3.63) is 0 Å². The molecule has 1 aliphatic carbocycles. The number of halogens is 1. The van der Waals surface area contributed by atoms with Crippen LogP contribution in [0.3, 0.4) is 0 Å². The second kappa shape index (κ2) is 11.1. The highest BCUT2D eigenvalue weighted by atomic mass is 35.5. The van der Waals surface area contributed by atoms with Crippen LogP contribution in [0.4, 0.5) is 0 Å². The Kier molecular flexibility index (Phi) is 10.1. The average molecular weight is 285 g/mol. The van der Waals surface area contributed by atoms with Crippen LogP contribution in [0.2, 0.25) is 12.1 Å². The van der Waals surface area contributed by atoms with E-state index in [1.807, 2.05) is 0 Å². The Bertz CT molecular complexity index is 165. The van der Waals surface area contributed by atoms with Gasteiger partial charge in [0.25, 0.3) is 0 Å². The predicted octanol–water partition coefficient (Wildman–Crippen LogP) is 6.16. The van der Waals surface area contributed by atoms with Gasteiger partial charge in [-0.15, -0.1) is 12.4 Å². The lowest BCUT2D eigenvalue weighted by Gasteiger charge is -2.26. The van der Waals surface area contributed by atoms with Crippen molar-refractivity contribution in [1.29, 1.82) is 0 Å². The third-order valence-electron chi connectivity index (χ3n) is 5.47. The summed E-state index contributed by atoms with van der Waals surface area (Å²) >= 11 is 0. The van der Waals surface area contributed by atoms with Gasteiger partial charge in [0, 0.05) is 0 Å². The fourth-order valence-electron chi connectivity index (χ4n) is 4.27. The first-order chi connectivity index (χ1) is 8.97. The summed E-state index contributed by atoms with van der Waals surface area (Å²) in [4.78, 5) is 0. The maximum Gasteiger partial charge on any atom is 0.124 e. The molecule has 0 radical (unpaired) electrons. The van der Waals surface area contributed by atoms with Gasteiger partial charge in [-0.2, -0.15) is 0 Å². The van der Waals surface area contributed by atoms with Gasteiger partial charge in [-0.3, -0.25) is 0 Å². The fourth-order valence-corrected chi connectivity index (χ4v) is 4.27. The van der Waals surface area contributed by atoms with Crippen molar-refractivity contribution in [3.63, 3.8) is 0 Å². The molecule has 0 aromatic heterocycles. The molecule has 1 heterocycles. The van der Waals surface area contributed by atoms with Gasteiger partial charge in [0.15, 0.2) is 0 Å². The Labute approximate surface area is 128 Å². The van der Waals surface area contributed by atoms with Gasteiger partial charge in [-0.05, 0) is 5.92 Å². The molecule has 0 spiro atoms. The molecule has 0 aromatic carbocycles. The molecule has 2 heteroatoms. The van der Waals surface area contributed by atoms with E-state index >= 15 is 0 Å². The van der Waals surface area contributed by atoms with Crippen LogP contribution >= 0.6 is 12.4 Å². The summed E-state index contributed by atoms with van der Waals surface area (Å²) in [7, 11) is 1.56. The topological polar surface area (TPSA) is 0 Å². The first-order valence-corrected chi connectivity index (χ1v) is 8.97. The van der Waals surface area contributed by atoms with Gasteiger partial charge in [0.2, 0.25) is 0 Å². The van der Waals surface area contributed by atoms with Crippen molar-refractivity contribution in [2.75, 3.05) is 0 Å². The minimum Gasteiger partial charge on any atom is -0.147 e. The minimum absolute atomic E-state index is 0. The molecule has 112 valence electrons. The quantitative estimate of drug-likeness (QED) is 0.506. The smallest absolute Gasteiger partial charge is 0.124 e. The van der Waals surface area contributed by atoms with Crippen LogP contribution < -0.4 is 0 Å². The zero-order chi connectivity index (χ0) is 12.5. The molecular formula is C17H34BCl. The Balaban J connectivity index is 0.00000180. The molecule has 1 atom stereocenters. The van der Waals surface area contributed by atoms with Crippen LogP contribution in [0.15, 0.2) is 0 Å². The highest BCUT2D eigenvalue weighted by molar-refractivity contribution is 6.37. The van der Waals surface area contributed by atoms with E-state index in [4.69, 9.17) is 0 Å². The van der Waals surface area contributed by atoms with E-state index in [0.717, 1.165) is 11.7 Å². The van der Waals surface area contributed by atoms with Crippen molar-refractivity contribution in [2.45, 2.75) is 102 Å². The lowest BCUT2D eigenvalue weighted by molar-refractivity contribution is 0.381. The average Bonchev–Trinajstić information content (AvgIpc) is 2.61. The molecule has 0 N–H and O–H groups in total. The lowest BCUT2D eigenvalue weighted by Crippen LogP contribution is -2.15. The van der Waals surface area contributed by atoms with E-state index < -0.39 is 0 Å². The minimum atomic E-state index is 0. The van der Waals surface area contributed by atoms with Crippen molar-refractivity contribution in [2.24, 2.45) is 5.92 Å². The van der Waals surface area contributed by atoms with Crippen LogP contribution in [0.5, 0.6) is 0 Å². The Hall–Kier alpha value is 0.355. The second-order valence-electron chi connectivity index (χ2n) is 6.92. The third-order valence-corrected chi connectivity index (χ3v) is 5.47. The molecular weight excluding hydrogens is 250 g/mol. The molecule has 2 rings (SSSR count). The molecule has 0 nitrogen and oxygen atoms in total. The zero-order valence-corrected chi connectivity index (χ0v) is 13.7. The van der Waals surface area contributed by atoms with Gasteiger partial charge in [0.1, 0.15) is 7.28 Å². The van der Waals surface area contributed by atoms with Crippen LogP contribution in [0.25, 0.3) is 0 Å². The van der Waals surface area contributed by atoms with Crippen molar-refractivity contribution < 1.29 is 0 Å². The normalized spacial score (nSPS) is 28.3. The first-order valence-electron chi connectivity index (χ1n) is 8.97. The molecule has 1 unspecified atom stereocenters. The van der Waals surface area contributed by atoms with E-state index in [1.165, 1.54) is 76.9 Å². The van der Waals surface area contributed by atoms with Crippen molar-refractivity contribution in [3.8, 4) is 0 Å². The molecule has 2 aliphatic rings. The number of rotatable bonds is 1. The lowest BCUT2D eigenvalue weighted by atomic mass is 9.54. The Morgan fingerprint density at radius 2 is 1.00 bits per heavy atom. The summed E-state index contributed by atoms with van der Waals surface area (Å²) in [6.07, 6.45) is 22.9. The van der Waals surface area contributed by atoms with Crippen molar-refractivity contribution >= 4 is 19.7 Å². The van der Waals surface area contributed by atoms with Crippen molar-refractivity contribution in [1.82, 2.24) is 0 Å². The maximum atomic E-state index is 1.56. The number of hydrogen-bond acceptors (Lipinski definition) is 0. The van der Waals surface area contributed by atoms with E-state index in [-0.39, 0.29) is 12.4 Å². The van der Waals surface area contributed by atoms with Gasteiger partial charge in [0.05, 0.1) is 0 Å². The highest BCUT2D eigenvalue weighted by Crippen LogP contribution is 2.36. The molecule has 1 aliphatic heterocycles. The predicted molar refractivity (Wildman–Crippen MR) is 91.1 cm³/mol. The molecule has 2 fully saturated rings. The molecule has 1 saturated heterocycles. The van der Waals surface area contributed by atoms with E-state index in [1.54, 1.807) is 26.5 Å². The van der Waals surface area contributed by atoms with E-state index in [2.05, 4.69) is 0 Å². The first kappa shape index (κ1) is 17.4. The zero-order valence-electron chi connectivity index (χ0n) is 12.9. The van der Waals surface area contributed by atoms with Gasteiger partial charge >= 0.3 is 0 Å². The Morgan fingerprint density at radius 3 is 1.63 bits per heavy atom. The monoisotopic (exact) mass is 284 g/mol. The summed E-state index contributed by atoms with van der Waals surface area (Å²) in [5.41, 5.74) is 0. The Morgan fingerprint density at radius 1 is 0.526 bits per heavy atom.